The van der Waals surface area contributed by atoms with Crippen molar-refractivity contribution in [1.29, 1.82) is 0 Å². The molecule has 0 aliphatic carbocycles. The number of hydrazone groups is 1. The summed E-state index contributed by atoms with van der Waals surface area (Å²) in [6.45, 7) is 1.71. The monoisotopic (exact) mass is 468 g/mol. The van der Waals surface area contributed by atoms with Crippen LogP contribution >= 0.6 is 11.6 Å². The number of hydrogen-bond donors (Lipinski definition) is 2. The van der Waals surface area contributed by atoms with E-state index < -0.39 is 23.2 Å². The summed E-state index contributed by atoms with van der Waals surface area (Å²) in [7, 11) is 1.53. The number of hydrogen-bond acceptors (Lipinski definition) is 6. The molecule has 1 atom stereocenters. The van der Waals surface area contributed by atoms with Crippen LogP contribution in [-0.2, 0) is 4.79 Å². The molecule has 1 aliphatic rings. The number of aromatic amines is 1. The normalized spacial score (nSPS) is 15.4. The van der Waals surface area contributed by atoms with Crippen LogP contribution in [0.3, 0.4) is 0 Å². The maximum absolute atomic E-state index is 12.7. The quantitative estimate of drug-likeness (QED) is 0.597. The van der Waals surface area contributed by atoms with E-state index in [9.17, 15) is 19.5 Å². The molecule has 2 aromatic carbocycles. The van der Waals surface area contributed by atoms with E-state index in [1.165, 1.54) is 24.3 Å². The molecule has 10 heteroatoms. The highest BCUT2D eigenvalue weighted by Gasteiger charge is 2.36. The van der Waals surface area contributed by atoms with Gasteiger partial charge in [-0.25, -0.2) is 14.4 Å². The lowest BCUT2D eigenvalue weighted by molar-refractivity contribution is -0.132. The molecule has 0 radical (unpaired) electrons. The van der Waals surface area contributed by atoms with Gasteiger partial charge < -0.3 is 9.84 Å². The molecule has 4 rings (SSSR count). The number of H-pyrrole nitrogens is 1. The van der Waals surface area contributed by atoms with E-state index in [4.69, 9.17) is 16.3 Å². The topological polar surface area (TPSA) is 117 Å². The zero-order valence-electron chi connectivity index (χ0n) is 17.9. The molecule has 1 unspecified atom stereocenters. The zero-order chi connectivity index (χ0) is 23.7. The van der Waals surface area contributed by atoms with Crippen molar-refractivity contribution in [3.05, 3.63) is 85.5 Å². The highest BCUT2D eigenvalue weighted by atomic mass is 35.5. The number of nitrogens with one attached hydrogen (secondary N) is 1. The van der Waals surface area contributed by atoms with Gasteiger partial charge in [0, 0.05) is 23.4 Å². The van der Waals surface area contributed by atoms with E-state index in [1.54, 1.807) is 25.1 Å². The Bertz CT molecular complexity index is 1360. The third-order valence-electron chi connectivity index (χ3n) is 5.43. The highest BCUT2D eigenvalue weighted by molar-refractivity contribution is 6.30. The molecule has 0 saturated carbocycles. The largest absolute Gasteiger partial charge is 0.496 e. The zero-order valence-corrected chi connectivity index (χ0v) is 18.7. The van der Waals surface area contributed by atoms with Crippen molar-refractivity contribution in [1.82, 2.24) is 14.6 Å². The van der Waals surface area contributed by atoms with Crippen molar-refractivity contribution in [2.45, 2.75) is 25.8 Å². The number of rotatable bonds is 5. The number of para-hydroxylation sites is 1. The summed E-state index contributed by atoms with van der Waals surface area (Å²) in [5, 5.41) is 17.1. The second-order valence-corrected chi connectivity index (χ2v) is 7.81. The van der Waals surface area contributed by atoms with Gasteiger partial charge >= 0.3 is 5.69 Å². The molecular formula is C23H21ClN4O5. The van der Waals surface area contributed by atoms with E-state index in [0.717, 1.165) is 4.57 Å². The molecule has 1 aliphatic heterocycles. The molecule has 2 heterocycles. The Balaban J connectivity index is 1.86. The number of nitrogens with zero attached hydrogens (tertiary/aromatic N) is 3. The Labute approximate surface area is 193 Å². The number of amides is 1. The van der Waals surface area contributed by atoms with Gasteiger partial charge in [0.2, 0.25) is 11.8 Å². The van der Waals surface area contributed by atoms with Gasteiger partial charge in [0.15, 0.2) is 0 Å². The van der Waals surface area contributed by atoms with Crippen molar-refractivity contribution < 1.29 is 14.6 Å². The lowest BCUT2D eigenvalue weighted by Gasteiger charge is -2.23. The Morgan fingerprint density at radius 1 is 1.21 bits per heavy atom. The number of carbonyl (C=O) groups is 1. The summed E-state index contributed by atoms with van der Waals surface area (Å²) in [5.41, 5.74) is -0.607. The van der Waals surface area contributed by atoms with Crippen molar-refractivity contribution in [3.8, 4) is 17.3 Å². The highest BCUT2D eigenvalue weighted by Crippen LogP contribution is 2.38. The fourth-order valence-corrected chi connectivity index (χ4v) is 3.98. The molecule has 2 N–H and O–H groups in total. The number of ether oxygens (including phenoxy) is 1. The molecular weight excluding hydrogens is 448 g/mol. The van der Waals surface area contributed by atoms with Crippen molar-refractivity contribution >= 4 is 23.2 Å². The van der Waals surface area contributed by atoms with Gasteiger partial charge in [-0.05, 0) is 30.3 Å². The van der Waals surface area contributed by atoms with Crippen LogP contribution in [0.5, 0.6) is 11.6 Å². The number of aromatic hydroxyl groups is 1. The van der Waals surface area contributed by atoms with Gasteiger partial charge in [-0.1, -0.05) is 36.7 Å². The van der Waals surface area contributed by atoms with Gasteiger partial charge in [-0.3, -0.25) is 14.6 Å². The summed E-state index contributed by atoms with van der Waals surface area (Å²) in [4.78, 5) is 40.1. The first-order valence-corrected chi connectivity index (χ1v) is 10.6. The van der Waals surface area contributed by atoms with Crippen LogP contribution in [0.4, 0.5) is 0 Å². The van der Waals surface area contributed by atoms with E-state index in [0.29, 0.717) is 22.0 Å². The van der Waals surface area contributed by atoms with Gasteiger partial charge in [0.05, 0.1) is 24.6 Å². The van der Waals surface area contributed by atoms with Gasteiger partial charge in [-0.15, -0.1) is 0 Å². The Hall–Kier alpha value is -3.85. The first-order valence-electron chi connectivity index (χ1n) is 10.2. The lowest BCUT2D eigenvalue weighted by atomic mass is 9.98. The van der Waals surface area contributed by atoms with Crippen LogP contribution in [0, 0.1) is 0 Å². The summed E-state index contributed by atoms with van der Waals surface area (Å²) < 4.78 is 6.40. The minimum Gasteiger partial charge on any atom is -0.496 e. The van der Waals surface area contributed by atoms with E-state index >= 15 is 0 Å². The third kappa shape index (κ3) is 4.03. The molecule has 0 fully saturated rings. The predicted octanol–water partition coefficient (Wildman–Crippen LogP) is 2.98. The maximum Gasteiger partial charge on any atom is 0.335 e. The SMILES string of the molecule is CCC(=O)N1N=C(c2c(O)n(-c3ccc(Cl)cc3)c(=O)[nH]c2=O)CC1c1ccccc1OC. The predicted molar refractivity (Wildman–Crippen MR) is 123 cm³/mol. The Morgan fingerprint density at radius 3 is 2.58 bits per heavy atom. The van der Waals surface area contributed by atoms with Gasteiger partial charge in [-0.2, -0.15) is 5.10 Å². The molecule has 1 amide bonds. The molecule has 33 heavy (non-hydrogen) atoms. The molecule has 0 spiro atoms. The fraction of sp³-hybridized carbons (Fsp3) is 0.217. The Kier molecular flexibility index (Phi) is 6.06. The van der Waals surface area contributed by atoms with Crippen LogP contribution < -0.4 is 16.0 Å². The molecule has 0 saturated heterocycles. The number of benzene rings is 2. The number of aromatic nitrogens is 2. The Morgan fingerprint density at radius 2 is 1.91 bits per heavy atom. The van der Waals surface area contributed by atoms with Gasteiger partial charge in [0.25, 0.3) is 5.56 Å². The van der Waals surface area contributed by atoms with Crippen molar-refractivity contribution in [3.63, 3.8) is 0 Å². The van der Waals surface area contributed by atoms with E-state index in [-0.39, 0.29) is 30.0 Å². The van der Waals surface area contributed by atoms with Crippen molar-refractivity contribution in [2.75, 3.05) is 7.11 Å². The lowest BCUT2D eigenvalue weighted by Crippen LogP contribution is -2.33. The molecule has 3 aromatic rings. The van der Waals surface area contributed by atoms with E-state index in [2.05, 4.69) is 10.1 Å². The first-order chi connectivity index (χ1) is 15.8. The standard InChI is InChI=1S/C23H21ClN4O5/c1-3-19(29)28-17(15-6-4-5-7-18(15)33-2)12-16(26-28)20-21(30)25-23(32)27(22(20)31)14-10-8-13(24)9-11-14/h4-11,17,31H,3,12H2,1-2H3,(H,25,30,32). The minimum atomic E-state index is -0.815. The van der Waals surface area contributed by atoms with E-state index in [1.807, 2.05) is 18.2 Å². The van der Waals surface area contributed by atoms with Crippen LogP contribution in [0.25, 0.3) is 5.69 Å². The molecule has 1 aromatic heterocycles. The van der Waals surface area contributed by atoms with Crippen LogP contribution in [0.2, 0.25) is 5.02 Å². The van der Waals surface area contributed by atoms with Gasteiger partial charge in [0.1, 0.15) is 11.3 Å². The first kappa shape index (κ1) is 22.3. The smallest absolute Gasteiger partial charge is 0.335 e. The second kappa shape index (κ2) is 8.95. The average molecular weight is 469 g/mol. The number of methoxy groups -OCH3 is 1. The summed E-state index contributed by atoms with van der Waals surface area (Å²) in [6.07, 6.45) is 0.330. The summed E-state index contributed by atoms with van der Waals surface area (Å²) in [5.74, 6) is -0.269. The maximum atomic E-state index is 12.7. The van der Waals surface area contributed by atoms with Crippen LogP contribution in [-0.4, -0.2) is 38.4 Å². The summed E-state index contributed by atoms with van der Waals surface area (Å²) in [6, 6.07) is 12.8. The number of carbonyl (C=O) groups excluding carboxylic acids is 1. The van der Waals surface area contributed by atoms with Crippen LogP contribution in [0.15, 0.2) is 63.2 Å². The average Bonchev–Trinajstić information content (AvgIpc) is 3.24. The third-order valence-corrected chi connectivity index (χ3v) is 5.68. The number of halogens is 1. The fourth-order valence-electron chi connectivity index (χ4n) is 3.85. The summed E-state index contributed by atoms with van der Waals surface area (Å²) >= 11 is 5.92. The minimum absolute atomic E-state index is 0.140. The second-order valence-electron chi connectivity index (χ2n) is 7.37. The van der Waals surface area contributed by atoms with Crippen LogP contribution in [0.1, 0.15) is 36.9 Å². The molecule has 0 bridgehead atoms. The molecule has 170 valence electrons. The van der Waals surface area contributed by atoms with Crippen molar-refractivity contribution in [2.24, 2.45) is 5.10 Å². The molecule has 9 nitrogen and oxygen atoms in total.